The molecule has 33 heavy (non-hydrogen) atoms. The molecule has 0 aliphatic heterocycles. The zero-order valence-electron chi connectivity index (χ0n) is 15.8. The highest BCUT2D eigenvalue weighted by Gasteiger charge is 2.71. The molecule has 1 aromatic carbocycles. The fourth-order valence-corrected chi connectivity index (χ4v) is 7.07. The number of sulfonamides is 1. The third-order valence-electron chi connectivity index (χ3n) is 4.49. The summed E-state index contributed by atoms with van der Waals surface area (Å²) < 4.78 is 106. The molecule has 2 aromatic heterocycles. The second-order valence-corrected chi connectivity index (χ2v) is 11.5. The van der Waals surface area contributed by atoms with Crippen LogP contribution >= 0.6 is 45.9 Å². The maximum atomic E-state index is 13.3. The first kappa shape index (κ1) is 26.1. The fourth-order valence-electron chi connectivity index (χ4n) is 2.84. The van der Waals surface area contributed by atoms with Crippen molar-refractivity contribution in [2.75, 3.05) is 4.31 Å². The number of hydrogen-bond acceptors (Lipinski definition) is 5. The number of hydrogen-bond donors (Lipinski definition) is 1. The Kier molecular flexibility index (Phi) is 7.06. The number of nitrogens with zero attached hydrogens (tertiary/aromatic N) is 1. The smallest absolute Gasteiger partial charge is 0.369 e. The summed E-state index contributed by atoms with van der Waals surface area (Å²) in [5, 5.41) is 12.8. The normalized spacial score (nSPS) is 13.4. The maximum absolute atomic E-state index is 13.3. The van der Waals surface area contributed by atoms with Crippen LogP contribution in [0.25, 0.3) is 0 Å². The summed E-state index contributed by atoms with van der Waals surface area (Å²) in [5.74, 6) is 0. The van der Waals surface area contributed by atoms with E-state index in [2.05, 4.69) is 0 Å². The van der Waals surface area contributed by atoms with Crippen LogP contribution in [0.3, 0.4) is 0 Å². The van der Waals surface area contributed by atoms with Gasteiger partial charge in [-0.15, -0.1) is 11.3 Å². The van der Waals surface area contributed by atoms with Crippen LogP contribution in [-0.4, -0.2) is 25.9 Å². The number of anilines is 1. The topological polar surface area (TPSA) is 57.6 Å². The summed E-state index contributed by atoms with van der Waals surface area (Å²) in [7, 11) is -4.42. The lowest BCUT2D eigenvalue weighted by molar-refractivity contribution is -0.376. The molecule has 0 saturated carbocycles. The molecule has 0 aliphatic carbocycles. The lowest BCUT2D eigenvalue weighted by Crippen LogP contribution is -2.53. The molecule has 0 saturated heterocycles. The molecule has 0 aliphatic rings. The van der Waals surface area contributed by atoms with Crippen molar-refractivity contribution in [2.24, 2.45) is 0 Å². The van der Waals surface area contributed by atoms with Crippen molar-refractivity contribution in [3.63, 3.8) is 0 Å². The maximum Gasteiger partial charge on any atom is 0.430 e. The van der Waals surface area contributed by atoms with Crippen LogP contribution in [0.1, 0.15) is 11.1 Å². The van der Waals surface area contributed by atoms with E-state index in [1.54, 1.807) is 16.8 Å². The van der Waals surface area contributed by atoms with E-state index in [1.165, 1.54) is 11.3 Å². The molecule has 0 fully saturated rings. The Labute approximate surface area is 201 Å². The van der Waals surface area contributed by atoms with Crippen LogP contribution in [-0.2, 0) is 22.2 Å². The van der Waals surface area contributed by atoms with Crippen molar-refractivity contribution in [3.05, 3.63) is 67.0 Å². The highest BCUT2D eigenvalue weighted by Crippen LogP contribution is 2.50. The van der Waals surface area contributed by atoms with Gasteiger partial charge in [0.15, 0.2) is 0 Å². The van der Waals surface area contributed by atoms with Gasteiger partial charge in [0, 0.05) is 5.56 Å². The Morgan fingerprint density at radius 1 is 0.970 bits per heavy atom. The van der Waals surface area contributed by atoms with E-state index in [-0.39, 0.29) is 25.8 Å². The number of alkyl halides is 6. The lowest BCUT2D eigenvalue weighted by Gasteiger charge is -2.33. The van der Waals surface area contributed by atoms with Crippen LogP contribution in [0.4, 0.5) is 32.0 Å². The van der Waals surface area contributed by atoms with Crippen LogP contribution < -0.4 is 4.31 Å². The van der Waals surface area contributed by atoms with E-state index in [9.17, 15) is 39.9 Å². The monoisotopic (exact) mass is 569 g/mol. The molecule has 0 radical (unpaired) electrons. The number of rotatable bonds is 6. The quantitative estimate of drug-likeness (QED) is 0.331. The standard InChI is InChI=1S/C18H11Cl2F6NO3S3/c19-14-7-13(15(20)32-14)33(29,30)27(8-10-5-6-31-9-10)12-3-1-11(2-4-12)16(28,17(21,22)23)18(24,25)26/h1-7,9,28H,8H2. The Hall–Kier alpha value is -1.51. The van der Waals surface area contributed by atoms with Gasteiger partial charge in [-0.25, -0.2) is 8.42 Å². The predicted molar refractivity (Wildman–Crippen MR) is 114 cm³/mol. The minimum absolute atomic E-state index is 0.0600. The number of thiophene rings is 2. The Morgan fingerprint density at radius 2 is 1.55 bits per heavy atom. The van der Waals surface area contributed by atoms with E-state index < -0.39 is 33.5 Å². The van der Waals surface area contributed by atoms with Gasteiger partial charge in [-0.3, -0.25) is 4.31 Å². The second-order valence-electron chi connectivity index (χ2n) is 6.58. The molecule has 15 heteroatoms. The zero-order chi connectivity index (χ0) is 24.8. The number of benzene rings is 1. The molecular weight excluding hydrogens is 559 g/mol. The van der Waals surface area contributed by atoms with Crippen molar-refractivity contribution >= 4 is 61.6 Å². The van der Waals surface area contributed by atoms with Crippen molar-refractivity contribution in [1.82, 2.24) is 0 Å². The average molecular weight is 570 g/mol. The third kappa shape index (κ3) is 4.84. The third-order valence-corrected chi connectivity index (χ3v) is 8.75. The van der Waals surface area contributed by atoms with Crippen LogP contribution in [0.15, 0.2) is 52.1 Å². The molecule has 180 valence electrons. The van der Waals surface area contributed by atoms with Gasteiger partial charge >= 0.3 is 12.4 Å². The van der Waals surface area contributed by atoms with Gasteiger partial charge in [-0.2, -0.15) is 37.7 Å². The van der Waals surface area contributed by atoms with Gasteiger partial charge in [0.2, 0.25) is 0 Å². The van der Waals surface area contributed by atoms with Gasteiger partial charge in [0.05, 0.1) is 16.6 Å². The highest BCUT2D eigenvalue weighted by molar-refractivity contribution is 7.93. The summed E-state index contributed by atoms with van der Waals surface area (Å²) in [6, 6.07) is 4.90. The Bertz CT molecular complexity index is 1210. The minimum Gasteiger partial charge on any atom is -0.369 e. The molecule has 0 atom stereocenters. The first-order valence-electron chi connectivity index (χ1n) is 8.54. The summed E-state index contributed by atoms with van der Waals surface area (Å²) in [6.07, 6.45) is -12.1. The summed E-state index contributed by atoms with van der Waals surface area (Å²) >= 11 is 13.8. The molecule has 1 N–H and O–H groups in total. The molecule has 4 nitrogen and oxygen atoms in total. The number of halogens is 8. The van der Waals surface area contributed by atoms with Gasteiger partial charge in [-0.1, -0.05) is 35.3 Å². The molecule has 3 aromatic rings. The van der Waals surface area contributed by atoms with Gasteiger partial charge < -0.3 is 5.11 Å². The Balaban J connectivity index is 2.12. The van der Waals surface area contributed by atoms with E-state index in [4.69, 9.17) is 23.2 Å². The van der Waals surface area contributed by atoms with Crippen LogP contribution in [0.2, 0.25) is 8.67 Å². The van der Waals surface area contributed by atoms with Crippen LogP contribution in [0.5, 0.6) is 0 Å². The van der Waals surface area contributed by atoms with E-state index >= 15 is 0 Å². The summed E-state index contributed by atoms with van der Waals surface area (Å²) in [6.45, 7) is -0.294. The lowest BCUT2D eigenvalue weighted by atomic mass is 9.92. The van der Waals surface area contributed by atoms with Crippen molar-refractivity contribution in [2.45, 2.75) is 29.4 Å². The molecule has 0 bridgehead atoms. The van der Waals surface area contributed by atoms with Crippen molar-refractivity contribution in [1.29, 1.82) is 0 Å². The molecule has 0 amide bonds. The molecule has 2 heterocycles. The zero-order valence-corrected chi connectivity index (χ0v) is 19.7. The molecule has 0 unspecified atom stereocenters. The van der Waals surface area contributed by atoms with Crippen molar-refractivity contribution in [3.8, 4) is 0 Å². The minimum atomic E-state index is -6.07. The van der Waals surface area contributed by atoms with Gasteiger partial charge in [-0.05, 0) is 40.6 Å². The SMILES string of the molecule is O=S(=O)(c1cc(Cl)sc1Cl)N(Cc1ccsc1)c1ccc(C(O)(C(F)(F)F)C(F)(F)F)cc1. The van der Waals surface area contributed by atoms with E-state index in [1.807, 2.05) is 0 Å². The van der Waals surface area contributed by atoms with Crippen molar-refractivity contribution < 1.29 is 39.9 Å². The van der Waals surface area contributed by atoms with E-state index in [0.29, 0.717) is 17.7 Å². The summed E-state index contributed by atoms with van der Waals surface area (Å²) in [4.78, 5) is -0.374. The Morgan fingerprint density at radius 3 is 1.97 bits per heavy atom. The van der Waals surface area contributed by atoms with Gasteiger partial charge in [0.25, 0.3) is 15.6 Å². The predicted octanol–water partition coefficient (Wildman–Crippen LogP) is 6.82. The number of aliphatic hydroxyl groups is 1. The van der Waals surface area contributed by atoms with E-state index in [0.717, 1.165) is 33.8 Å². The first-order valence-corrected chi connectivity index (χ1v) is 12.5. The largest absolute Gasteiger partial charge is 0.430 e. The fraction of sp³-hybridized carbons (Fsp3) is 0.222. The molecule has 0 spiro atoms. The first-order chi connectivity index (χ1) is 15.1. The molecular formula is C18H11Cl2F6NO3S3. The van der Waals surface area contributed by atoms with Crippen LogP contribution in [0, 0.1) is 0 Å². The summed E-state index contributed by atoms with van der Waals surface area (Å²) in [5.41, 5.74) is -6.40. The highest BCUT2D eigenvalue weighted by atomic mass is 35.5. The average Bonchev–Trinajstić information content (AvgIpc) is 3.33. The second kappa shape index (κ2) is 8.93. The molecule has 3 rings (SSSR count). The van der Waals surface area contributed by atoms with Gasteiger partial charge in [0.1, 0.15) is 9.23 Å².